The Balaban J connectivity index is 1.54. The second kappa shape index (κ2) is 11.1. The maximum absolute atomic E-state index is 13.1. The van der Waals surface area contributed by atoms with Gasteiger partial charge in [-0.1, -0.05) is 50.4 Å². The SMILES string of the molecule is C=C(O)Cc1ccc(OCC[C@@H]([O-])[C@H](C)[C@@H]2CC[C@@H](C)[C@@H]3CCC(C)OCC23)c(Cl)c1. The quantitative estimate of drug-likeness (QED) is 0.527. The standard InChI is InChI=1S/C26H38ClO4/c1-16-5-8-22(23-15-31-18(3)6-9-21(16)23)19(4)25(29)11-12-30-26-10-7-20(13-17(2)28)14-24(26)27/h7,10,14,16,18-19,21-23,25,28H,2,5-6,8-9,11-13,15H2,1,3-4H3/q-1/t16-,18?,19-,21+,22+,23?,25-/m1/s1. The van der Waals surface area contributed by atoms with Crippen LogP contribution < -0.4 is 9.84 Å². The van der Waals surface area contributed by atoms with Crippen molar-refractivity contribution in [1.29, 1.82) is 0 Å². The fourth-order valence-corrected chi connectivity index (χ4v) is 5.90. The summed E-state index contributed by atoms with van der Waals surface area (Å²) in [5.41, 5.74) is 0.876. The molecule has 2 aliphatic rings. The molecule has 4 nitrogen and oxygen atoms in total. The third-order valence-corrected chi connectivity index (χ3v) is 7.89. The van der Waals surface area contributed by atoms with Crippen molar-refractivity contribution >= 4 is 11.6 Å². The number of halogens is 1. The van der Waals surface area contributed by atoms with Gasteiger partial charge in [0.25, 0.3) is 0 Å². The lowest BCUT2D eigenvalue weighted by molar-refractivity contribution is -0.438. The summed E-state index contributed by atoms with van der Waals surface area (Å²) in [6.45, 7) is 11.3. The Morgan fingerprint density at radius 3 is 2.74 bits per heavy atom. The molecule has 5 heteroatoms. The van der Waals surface area contributed by atoms with Crippen LogP contribution in [0.3, 0.4) is 0 Å². The van der Waals surface area contributed by atoms with Crippen LogP contribution in [-0.2, 0) is 11.2 Å². The maximum Gasteiger partial charge on any atom is 0.137 e. The largest absolute Gasteiger partial charge is 0.852 e. The molecule has 1 aromatic carbocycles. The van der Waals surface area contributed by atoms with Crippen molar-refractivity contribution in [2.24, 2.45) is 29.6 Å². The van der Waals surface area contributed by atoms with Crippen LogP contribution in [0.1, 0.15) is 58.4 Å². The highest BCUT2D eigenvalue weighted by Crippen LogP contribution is 2.46. The summed E-state index contributed by atoms with van der Waals surface area (Å²) < 4.78 is 11.9. The molecule has 0 aromatic heterocycles. The molecule has 0 amide bonds. The molecule has 1 N–H and O–H groups in total. The first-order valence-electron chi connectivity index (χ1n) is 11.8. The van der Waals surface area contributed by atoms with Crippen LogP contribution in [0.25, 0.3) is 0 Å². The van der Waals surface area contributed by atoms with E-state index in [0.29, 0.717) is 54.1 Å². The van der Waals surface area contributed by atoms with Gasteiger partial charge in [-0.3, -0.25) is 0 Å². The number of fused-ring (bicyclic) bond motifs is 1. The molecule has 2 fully saturated rings. The topological polar surface area (TPSA) is 61.8 Å². The van der Waals surface area contributed by atoms with Crippen molar-refractivity contribution in [2.45, 2.75) is 71.5 Å². The zero-order chi connectivity index (χ0) is 22.5. The van der Waals surface area contributed by atoms with Crippen LogP contribution in [0.2, 0.25) is 5.02 Å². The number of rotatable bonds is 8. The van der Waals surface area contributed by atoms with E-state index < -0.39 is 6.10 Å². The normalized spacial score (nSPS) is 30.7. The predicted octanol–water partition coefficient (Wildman–Crippen LogP) is 5.57. The lowest BCUT2D eigenvalue weighted by Crippen LogP contribution is -2.45. The molecule has 0 bridgehead atoms. The van der Waals surface area contributed by atoms with Crippen molar-refractivity contribution in [2.75, 3.05) is 13.2 Å². The molecule has 1 aliphatic carbocycles. The van der Waals surface area contributed by atoms with Crippen molar-refractivity contribution in [3.8, 4) is 5.75 Å². The van der Waals surface area contributed by atoms with Gasteiger partial charge in [-0.15, -0.1) is 6.10 Å². The third-order valence-electron chi connectivity index (χ3n) is 7.59. The van der Waals surface area contributed by atoms with E-state index in [-0.39, 0.29) is 11.7 Å². The van der Waals surface area contributed by atoms with Gasteiger partial charge in [-0.05, 0) is 74.0 Å². The van der Waals surface area contributed by atoms with E-state index in [2.05, 4.69) is 27.4 Å². The number of allylic oxidation sites excluding steroid dienone is 1. The Morgan fingerprint density at radius 1 is 1.26 bits per heavy atom. The average molecular weight is 450 g/mol. The summed E-state index contributed by atoms with van der Waals surface area (Å²) >= 11 is 6.30. The highest BCUT2D eigenvalue weighted by atomic mass is 35.5. The molecule has 7 atom stereocenters. The Labute approximate surface area is 192 Å². The summed E-state index contributed by atoms with van der Waals surface area (Å²) in [7, 11) is 0. The minimum atomic E-state index is -0.657. The molecule has 2 unspecified atom stereocenters. The fraction of sp³-hybridized carbons (Fsp3) is 0.692. The summed E-state index contributed by atoms with van der Waals surface area (Å²) in [5, 5.41) is 22.9. The smallest absolute Gasteiger partial charge is 0.137 e. The van der Waals surface area contributed by atoms with Crippen LogP contribution in [0.5, 0.6) is 5.75 Å². The molecule has 174 valence electrons. The number of aliphatic hydroxyl groups is 1. The zero-order valence-electron chi connectivity index (χ0n) is 19.2. The van der Waals surface area contributed by atoms with Gasteiger partial charge in [-0.2, -0.15) is 0 Å². The molecule has 0 spiro atoms. The highest BCUT2D eigenvalue weighted by Gasteiger charge is 2.41. The number of hydrogen-bond acceptors (Lipinski definition) is 4. The van der Waals surface area contributed by atoms with Crippen LogP contribution in [-0.4, -0.2) is 30.5 Å². The van der Waals surface area contributed by atoms with Crippen molar-refractivity contribution in [1.82, 2.24) is 0 Å². The molecule has 0 radical (unpaired) electrons. The van der Waals surface area contributed by atoms with Gasteiger partial charge < -0.3 is 19.7 Å². The summed E-state index contributed by atoms with van der Waals surface area (Å²) in [6.07, 6.45) is 5.21. The van der Waals surface area contributed by atoms with Gasteiger partial charge in [-0.25, -0.2) is 0 Å². The third kappa shape index (κ3) is 6.40. The van der Waals surface area contributed by atoms with Crippen LogP contribution in [0, 0.1) is 29.6 Å². The van der Waals surface area contributed by atoms with Gasteiger partial charge in [0.15, 0.2) is 0 Å². The first kappa shape index (κ1) is 24.4. The second-order valence-corrected chi connectivity index (χ2v) is 10.2. The van der Waals surface area contributed by atoms with E-state index in [1.807, 2.05) is 6.07 Å². The Hall–Kier alpha value is -1.23. The lowest BCUT2D eigenvalue weighted by atomic mass is 9.62. The number of benzene rings is 1. The minimum absolute atomic E-state index is 0.0980. The Bertz CT molecular complexity index is 736. The van der Waals surface area contributed by atoms with Crippen molar-refractivity contribution in [3.63, 3.8) is 0 Å². The van der Waals surface area contributed by atoms with Gasteiger partial charge in [0, 0.05) is 6.42 Å². The number of aliphatic hydroxyl groups excluding tert-OH is 1. The molecule has 31 heavy (non-hydrogen) atoms. The van der Waals surface area contributed by atoms with Crippen LogP contribution in [0.4, 0.5) is 0 Å². The molecular formula is C26H38ClO4-. The number of ether oxygens (including phenoxy) is 2. The summed E-state index contributed by atoms with van der Waals surface area (Å²) in [6, 6.07) is 5.42. The van der Waals surface area contributed by atoms with Gasteiger partial charge in [0.05, 0.1) is 30.1 Å². The van der Waals surface area contributed by atoms with E-state index in [4.69, 9.17) is 21.1 Å². The summed E-state index contributed by atoms with van der Waals surface area (Å²) in [4.78, 5) is 0. The second-order valence-electron chi connectivity index (χ2n) is 9.81. The van der Waals surface area contributed by atoms with Gasteiger partial charge in [0.1, 0.15) is 5.75 Å². The maximum atomic E-state index is 13.1. The number of hydrogen-bond donors (Lipinski definition) is 1. The van der Waals surface area contributed by atoms with Gasteiger partial charge >= 0.3 is 0 Å². The Kier molecular flexibility index (Phi) is 8.72. The molecule has 1 saturated heterocycles. The van der Waals surface area contributed by atoms with E-state index in [0.717, 1.165) is 30.9 Å². The molecule has 1 aromatic rings. The minimum Gasteiger partial charge on any atom is -0.852 e. The summed E-state index contributed by atoms with van der Waals surface area (Å²) in [5.74, 6) is 3.12. The van der Waals surface area contributed by atoms with E-state index in [1.54, 1.807) is 12.1 Å². The highest BCUT2D eigenvalue weighted by molar-refractivity contribution is 6.32. The predicted molar refractivity (Wildman–Crippen MR) is 124 cm³/mol. The fourth-order valence-electron chi connectivity index (χ4n) is 5.64. The molecule has 1 heterocycles. The van der Waals surface area contributed by atoms with Gasteiger partial charge in [0.2, 0.25) is 0 Å². The molecule has 1 saturated carbocycles. The van der Waals surface area contributed by atoms with E-state index in [9.17, 15) is 10.2 Å². The first-order valence-corrected chi connectivity index (χ1v) is 12.2. The molecule has 1 aliphatic heterocycles. The average Bonchev–Trinajstić information content (AvgIpc) is 2.91. The molecular weight excluding hydrogens is 412 g/mol. The van der Waals surface area contributed by atoms with Crippen LogP contribution >= 0.6 is 11.6 Å². The van der Waals surface area contributed by atoms with Crippen molar-refractivity contribution < 1.29 is 19.7 Å². The van der Waals surface area contributed by atoms with Crippen molar-refractivity contribution in [3.05, 3.63) is 41.1 Å². The van der Waals surface area contributed by atoms with E-state index in [1.165, 1.54) is 12.8 Å². The van der Waals surface area contributed by atoms with E-state index >= 15 is 0 Å². The zero-order valence-corrected chi connectivity index (χ0v) is 19.9. The lowest BCUT2D eigenvalue weighted by Gasteiger charge is -2.47. The monoisotopic (exact) mass is 449 g/mol. The first-order chi connectivity index (χ1) is 14.8. The molecule has 3 rings (SSSR count). The Morgan fingerprint density at radius 2 is 2.03 bits per heavy atom. The van der Waals surface area contributed by atoms with Crippen LogP contribution in [0.15, 0.2) is 30.5 Å².